The number of benzene rings is 1. The largest absolute Gasteiger partial charge is 0.360 e. The van der Waals surface area contributed by atoms with Gasteiger partial charge in [0.15, 0.2) is 5.11 Å². The number of halogens is 1. The van der Waals surface area contributed by atoms with Gasteiger partial charge in [-0.2, -0.15) is 0 Å². The van der Waals surface area contributed by atoms with Crippen molar-refractivity contribution in [2.75, 3.05) is 5.32 Å². The van der Waals surface area contributed by atoms with Crippen molar-refractivity contribution in [3.63, 3.8) is 0 Å². The van der Waals surface area contributed by atoms with Gasteiger partial charge in [0.05, 0.1) is 6.54 Å². The predicted molar refractivity (Wildman–Crippen MR) is 92.2 cm³/mol. The van der Waals surface area contributed by atoms with E-state index in [0.717, 1.165) is 10.6 Å². The Kier molecular flexibility index (Phi) is 4.90. The molecule has 1 aromatic heterocycles. The molecule has 1 aromatic carbocycles. The highest BCUT2D eigenvalue weighted by Crippen LogP contribution is 2.17. The van der Waals surface area contributed by atoms with E-state index in [9.17, 15) is 0 Å². The van der Waals surface area contributed by atoms with Crippen molar-refractivity contribution in [2.24, 2.45) is 0 Å². The van der Waals surface area contributed by atoms with Crippen molar-refractivity contribution in [2.45, 2.75) is 38.3 Å². The standard InChI is InChI=1S/C15H18ClN5S/c16-12-7-5-11(6-8-12)9-21-10-17-14(20-21)19-15(22)18-13-3-1-2-4-13/h5-8,10,13H,1-4,9H2,(H2,18,19,20,22). The monoisotopic (exact) mass is 335 g/mol. The Hall–Kier alpha value is -1.66. The Balaban J connectivity index is 1.54. The first-order valence-electron chi connectivity index (χ1n) is 7.40. The average molecular weight is 336 g/mol. The lowest BCUT2D eigenvalue weighted by molar-refractivity contribution is 0.634. The maximum Gasteiger partial charge on any atom is 0.248 e. The Morgan fingerprint density at radius 1 is 1.27 bits per heavy atom. The summed E-state index contributed by atoms with van der Waals surface area (Å²) in [6.07, 6.45) is 6.60. The normalized spacial score (nSPS) is 15.0. The lowest BCUT2D eigenvalue weighted by Crippen LogP contribution is -2.36. The molecule has 0 atom stereocenters. The summed E-state index contributed by atoms with van der Waals surface area (Å²) in [5.41, 5.74) is 1.12. The van der Waals surface area contributed by atoms with Crippen LogP contribution in [0.4, 0.5) is 5.95 Å². The molecule has 0 aliphatic heterocycles. The van der Waals surface area contributed by atoms with Crippen LogP contribution in [0.15, 0.2) is 30.6 Å². The first-order chi connectivity index (χ1) is 10.7. The maximum absolute atomic E-state index is 5.88. The maximum atomic E-state index is 5.88. The number of nitrogens with one attached hydrogen (secondary N) is 2. The first-order valence-corrected chi connectivity index (χ1v) is 8.19. The third-order valence-corrected chi connectivity index (χ3v) is 4.18. The minimum Gasteiger partial charge on any atom is -0.360 e. The van der Waals surface area contributed by atoms with Crippen LogP contribution in [0.5, 0.6) is 0 Å². The molecule has 0 saturated heterocycles. The van der Waals surface area contributed by atoms with Crippen molar-refractivity contribution in [1.29, 1.82) is 0 Å². The second-order valence-electron chi connectivity index (χ2n) is 5.47. The van der Waals surface area contributed by atoms with Crippen LogP contribution in [-0.2, 0) is 6.54 Å². The van der Waals surface area contributed by atoms with Crippen LogP contribution in [-0.4, -0.2) is 25.9 Å². The van der Waals surface area contributed by atoms with Crippen LogP contribution in [0, 0.1) is 0 Å². The average Bonchev–Trinajstić information content (AvgIpc) is 3.14. The van der Waals surface area contributed by atoms with E-state index in [2.05, 4.69) is 20.7 Å². The number of nitrogens with zero attached hydrogens (tertiary/aromatic N) is 3. The second kappa shape index (κ2) is 7.07. The summed E-state index contributed by atoms with van der Waals surface area (Å²) in [4.78, 5) is 4.23. The third kappa shape index (κ3) is 4.18. The second-order valence-corrected chi connectivity index (χ2v) is 6.32. The fraction of sp³-hybridized carbons (Fsp3) is 0.400. The van der Waals surface area contributed by atoms with Crippen LogP contribution in [0.1, 0.15) is 31.2 Å². The van der Waals surface area contributed by atoms with Gasteiger partial charge in [-0.05, 0) is 42.8 Å². The van der Waals surface area contributed by atoms with E-state index in [-0.39, 0.29) is 0 Å². The Bertz CT molecular complexity index is 634. The lowest BCUT2D eigenvalue weighted by atomic mass is 10.2. The third-order valence-electron chi connectivity index (χ3n) is 3.71. The first kappa shape index (κ1) is 15.2. The zero-order chi connectivity index (χ0) is 15.4. The summed E-state index contributed by atoms with van der Waals surface area (Å²) < 4.78 is 1.77. The van der Waals surface area contributed by atoms with Crippen molar-refractivity contribution in [1.82, 2.24) is 20.1 Å². The molecule has 1 aliphatic rings. The fourth-order valence-corrected chi connectivity index (χ4v) is 2.98. The summed E-state index contributed by atoms with van der Waals surface area (Å²) in [6.45, 7) is 0.647. The molecule has 0 unspecified atom stereocenters. The quantitative estimate of drug-likeness (QED) is 0.840. The highest BCUT2D eigenvalue weighted by atomic mass is 35.5. The summed E-state index contributed by atoms with van der Waals surface area (Å²) in [6, 6.07) is 8.17. The number of anilines is 1. The number of hydrogen-bond donors (Lipinski definition) is 2. The molecular weight excluding hydrogens is 318 g/mol. The molecule has 1 fully saturated rings. The zero-order valence-corrected chi connectivity index (χ0v) is 13.7. The Labute approximate surface area is 140 Å². The highest BCUT2D eigenvalue weighted by Gasteiger charge is 2.15. The molecular formula is C15H18ClN5S. The van der Waals surface area contributed by atoms with Gasteiger partial charge in [-0.1, -0.05) is 36.6 Å². The fourth-order valence-electron chi connectivity index (χ4n) is 2.60. The van der Waals surface area contributed by atoms with E-state index in [1.807, 2.05) is 24.3 Å². The molecule has 1 aliphatic carbocycles. The molecule has 1 heterocycles. The minimum absolute atomic E-state index is 0.483. The van der Waals surface area contributed by atoms with E-state index in [0.29, 0.717) is 23.6 Å². The number of hydrogen-bond acceptors (Lipinski definition) is 3. The Morgan fingerprint density at radius 3 is 2.73 bits per heavy atom. The Morgan fingerprint density at radius 2 is 2.00 bits per heavy atom. The lowest BCUT2D eigenvalue weighted by Gasteiger charge is -2.13. The van der Waals surface area contributed by atoms with Crippen LogP contribution < -0.4 is 10.6 Å². The molecule has 22 heavy (non-hydrogen) atoms. The predicted octanol–water partition coefficient (Wildman–Crippen LogP) is 3.21. The molecule has 2 aromatic rings. The van der Waals surface area contributed by atoms with Gasteiger partial charge >= 0.3 is 0 Å². The molecule has 0 radical (unpaired) electrons. The number of thiocarbonyl (C=S) groups is 1. The summed E-state index contributed by atoms with van der Waals surface area (Å²) in [5, 5.41) is 12.0. The van der Waals surface area contributed by atoms with Crippen LogP contribution in [0.25, 0.3) is 0 Å². The van der Waals surface area contributed by atoms with Gasteiger partial charge in [0.2, 0.25) is 5.95 Å². The van der Waals surface area contributed by atoms with Gasteiger partial charge in [-0.15, -0.1) is 5.10 Å². The van der Waals surface area contributed by atoms with Gasteiger partial charge in [0.1, 0.15) is 6.33 Å². The van der Waals surface area contributed by atoms with Crippen molar-refractivity contribution in [3.05, 3.63) is 41.2 Å². The van der Waals surface area contributed by atoms with Crippen LogP contribution in [0.3, 0.4) is 0 Å². The summed E-state index contributed by atoms with van der Waals surface area (Å²) in [7, 11) is 0. The van der Waals surface area contributed by atoms with E-state index < -0.39 is 0 Å². The molecule has 0 amide bonds. The van der Waals surface area contributed by atoms with E-state index in [1.54, 1.807) is 11.0 Å². The number of rotatable bonds is 4. The molecule has 0 bridgehead atoms. The molecule has 7 heteroatoms. The van der Waals surface area contributed by atoms with E-state index >= 15 is 0 Å². The van der Waals surface area contributed by atoms with Gasteiger partial charge in [-0.3, -0.25) is 5.32 Å². The van der Waals surface area contributed by atoms with Crippen molar-refractivity contribution in [3.8, 4) is 0 Å². The van der Waals surface area contributed by atoms with E-state index in [4.69, 9.17) is 23.8 Å². The molecule has 2 N–H and O–H groups in total. The van der Waals surface area contributed by atoms with Gasteiger partial charge in [0, 0.05) is 11.1 Å². The van der Waals surface area contributed by atoms with Gasteiger partial charge in [-0.25, -0.2) is 9.67 Å². The van der Waals surface area contributed by atoms with Crippen LogP contribution in [0.2, 0.25) is 5.02 Å². The van der Waals surface area contributed by atoms with Crippen LogP contribution >= 0.6 is 23.8 Å². The van der Waals surface area contributed by atoms with Gasteiger partial charge < -0.3 is 5.32 Å². The van der Waals surface area contributed by atoms with E-state index in [1.165, 1.54) is 25.7 Å². The minimum atomic E-state index is 0.483. The van der Waals surface area contributed by atoms with Crippen molar-refractivity contribution < 1.29 is 0 Å². The number of aromatic nitrogens is 3. The molecule has 116 valence electrons. The zero-order valence-electron chi connectivity index (χ0n) is 12.1. The molecule has 1 saturated carbocycles. The summed E-state index contributed by atoms with van der Waals surface area (Å²) >= 11 is 11.2. The topological polar surface area (TPSA) is 54.8 Å². The smallest absolute Gasteiger partial charge is 0.248 e. The molecule has 3 rings (SSSR count). The highest BCUT2D eigenvalue weighted by molar-refractivity contribution is 7.80. The summed E-state index contributed by atoms with van der Waals surface area (Å²) in [5.74, 6) is 0.518. The van der Waals surface area contributed by atoms with Crippen molar-refractivity contribution >= 4 is 34.9 Å². The molecule has 0 spiro atoms. The SMILES string of the molecule is S=C(Nc1ncn(Cc2ccc(Cl)cc2)n1)NC1CCCC1. The molecule has 5 nitrogen and oxygen atoms in total. The van der Waals surface area contributed by atoms with Gasteiger partial charge in [0.25, 0.3) is 0 Å².